The number of nitriles is 2. The molecule has 1 aliphatic heterocycles. The van der Waals surface area contributed by atoms with Crippen LogP contribution in [0.2, 0.25) is 0 Å². The number of nitrogens with zero attached hydrogens (tertiary/aromatic N) is 9. The van der Waals surface area contributed by atoms with Crippen molar-refractivity contribution in [2.24, 2.45) is 5.92 Å². The first kappa shape index (κ1) is 23.0. The summed E-state index contributed by atoms with van der Waals surface area (Å²) in [5.74, 6) is 1.11. The van der Waals surface area contributed by atoms with Crippen LogP contribution in [0.4, 0.5) is 0 Å². The lowest BCUT2D eigenvalue weighted by Crippen LogP contribution is -2.41. The zero-order valence-corrected chi connectivity index (χ0v) is 20.8. The van der Waals surface area contributed by atoms with Crippen molar-refractivity contribution in [1.29, 1.82) is 10.5 Å². The molecule has 3 atom stereocenters. The Kier molecular flexibility index (Phi) is 5.72. The molecule has 6 rings (SSSR count). The number of likely N-dealkylation sites (tertiary alicyclic amines) is 1. The van der Waals surface area contributed by atoms with Crippen LogP contribution in [0.1, 0.15) is 61.8 Å². The van der Waals surface area contributed by atoms with Crippen molar-refractivity contribution in [2.45, 2.75) is 57.7 Å². The van der Waals surface area contributed by atoms with Gasteiger partial charge in [0.1, 0.15) is 29.2 Å². The van der Waals surface area contributed by atoms with Crippen LogP contribution in [0, 0.1) is 35.6 Å². The fourth-order valence-electron chi connectivity index (χ4n) is 5.44. The van der Waals surface area contributed by atoms with Gasteiger partial charge in [0.15, 0.2) is 6.19 Å². The molecule has 10 heteroatoms. The molecule has 0 amide bonds. The summed E-state index contributed by atoms with van der Waals surface area (Å²) in [6.07, 6.45) is 9.49. The number of hydrogen-bond donors (Lipinski definition) is 0. The Morgan fingerprint density at radius 2 is 2.00 bits per heavy atom. The van der Waals surface area contributed by atoms with Crippen LogP contribution in [0.3, 0.4) is 0 Å². The van der Waals surface area contributed by atoms with Crippen molar-refractivity contribution in [3.63, 3.8) is 0 Å². The predicted octanol–water partition coefficient (Wildman–Crippen LogP) is 4.20. The van der Waals surface area contributed by atoms with Crippen LogP contribution in [0.15, 0.2) is 42.7 Å². The Hall–Kier alpha value is -4.44. The molecule has 4 aromatic heterocycles. The van der Waals surface area contributed by atoms with Crippen LogP contribution in [0.25, 0.3) is 16.9 Å². The molecule has 1 aliphatic carbocycles. The van der Waals surface area contributed by atoms with E-state index in [9.17, 15) is 10.5 Å². The molecular weight excluding hydrogens is 466 g/mol. The van der Waals surface area contributed by atoms with Gasteiger partial charge in [-0.3, -0.25) is 9.38 Å². The van der Waals surface area contributed by atoms with E-state index >= 15 is 0 Å². The molecule has 0 aromatic carbocycles. The molecule has 0 radical (unpaired) electrons. The topological polar surface area (TPSA) is 121 Å². The Labute approximate surface area is 214 Å². The third-order valence-corrected chi connectivity index (χ3v) is 7.55. The second-order valence-corrected chi connectivity index (χ2v) is 9.89. The van der Waals surface area contributed by atoms with E-state index in [0.717, 1.165) is 42.0 Å². The van der Waals surface area contributed by atoms with Gasteiger partial charge in [-0.1, -0.05) is 11.3 Å². The molecule has 10 nitrogen and oxygen atoms in total. The maximum atomic E-state index is 9.65. The minimum absolute atomic E-state index is 0.205. The van der Waals surface area contributed by atoms with E-state index in [2.05, 4.69) is 32.5 Å². The van der Waals surface area contributed by atoms with Crippen LogP contribution in [-0.4, -0.2) is 46.8 Å². The number of aromatic nitrogens is 6. The van der Waals surface area contributed by atoms with Gasteiger partial charge in [0.2, 0.25) is 5.88 Å². The van der Waals surface area contributed by atoms with Gasteiger partial charge in [-0.05, 0) is 63.6 Å². The third-order valence-electron chi connectivity index (χ3n) is 7.55. The lowest BCUT2D eigenvalue weighted by Gasteiger charge is -2.36. The van der Waals surface area contributed by atoms with E-state index in [4.69, 9.17) is 4.74 Å². The van der Waals surface area contributed by atoms with Gasteiger partial charge in [0.25, 0.3) is 0 Å². The van der Waals surface area contributed by atoms with Crippen molar-refractivity contribution in [3.05, 3.63) is 59.8 Å². The Balaban J connectivity index is 1.35. The van der Waals surface area contributed by atoms with Crippen molar-refractivity contribution < 1.29 is 4.74 Å². The molecule has 4 aromatic rings. The van der Waals surface area contributed by atoms with Gasteiger partial charge in [0.05, 0.1) is 23.6 Å². The summed E-state index contributed by atoms with van der Waals surface area (Å²) in [4.78, 5) is 10.8. The lowest BCUT2D eigenvalue weighted by atomic mass is 9.94. The fourth-order valence-corrected chi connectivity index (χ4v) is 5.44. The summed E-state index contributed by atoms with van der Waals surface area (Å²) >= 11 is 0. The molecule has 186 valence electrons. The smallest absolute Gasteiger partial charge is 0.201 e. The molecular formula is C27H27N9O. The van der Waals surface area contributed by atoms with E-state index in [1.165, 1.54) is 12.8 Å². The van der Waals surface area contributed by atoms with E-state index < -0.39 is 0 Å². The molecule has 0 N–H and O–H groups in total. The second kappa shape index (κ2) is 9.21. The molecule has 1 saturated heterocycles. The van der Waals surface area contributed by atoms with Gasteiger partial charge >= 0.3 is 0 Å². The van der Waals surface area contributed by atoms with Crippen molar-refractivity contribution in [3.8, 4) is 29.4 Å². The van der Waals surface area contributed by atoms with Gasteiger partial charge in [-0.2, -0.15) is 10.5 Å². The highest BCUT2D eigenvalue weighted by Crippen LogP contribution is 2.42. The van der Waals surface area contributed by atoms with Crippen molar-refractivity contribution in [2.75, 3.05) is 6.54 Å². The zero-order valence-electron chi connectivity index (χ0n) is 20.8. The monoisotopic (exact) mass is 493 g/mol. The summed E-state index contributed by atoms with van der Waals surface area (Å²) in [6.45, 7) is 4.71. The number of rotatable bonds is 6. The molecule has 1 unspecified atom stereocenters. The minimum Gasteiger partial charge on any atom is -0.469 e. The number of imidazole rings is 1. The standard InChI is InChI=1S/C27H27N9O/c1-17-27(32-33-36(17)21-8-10-34(16-29)24(13-21)19-6-7-19)20-11-25-31-15-22(14-28)35(25)26(12-20)37-18(2)23-5-3-4-9-30-23/h3-5,9,11-12,15,18-19,21,24H,6-8,10,13H2,1-2H3/t18-,21?,24-/m1/s1. The Morgan fingerprint density at radius 3 is 2.73 bits per heavy atom. The van der Waals surface area contributed by atoms with E-state index in [0.29, 0.717) is 23.1 Å². The zero-order chi connectivity index (χ0) is 25.5. The molecule has 1 saturated carbocycles. The number of hydrogen-bond acceptors (Lipinski definition) is 8. The maximum absolute atomic E-state index is 9.65. The van der Waals surface area contributed by atoms with E-state index in [1.54, 1.807) is 16.8 Å². The van der Waals surface area contributed by atoms with Crippen molar-refractivity contribution in [1.82, 2.24) is 34.3 Å². The van der Waals surface area contributed by atoms with Gasteiger partial charge in [-0.25, -0.2) is 9.67 Å². The number of pyridine rings is 2. The highest BCUT2D eigenvalue weighted by molar-refractivity contribution is 5.68. The number of ether oxygens (including phenoxy) is 1. The number of fused-ring (bicyclic) bond motifs is 1. The first-order valence-corrected chi connectivity index (χ1v) is 12.6. The SMILES string of the molecule is Cc1c(-c2cc(O[C@H](C)c3ccccn3)n3c(C#N)cnc3c2)nnn1C1CCN(C#N)[C@@H](C2CC2)C1. The summed E-state index contributed by atoms with van der Waals surface area (Å²) in [6, 6.07) is 12.2. The molecule has 37 heavy (non-hydrogen) atoms. The fraction of sp³-hybridized carbons (Fsp3) is 0.407. The van der Waals surface area contributed by atoms with Crippen LogP contribution in [0.5, 0.6) is 5.88 Å². The first-order chi connectivity index (χ1) is 18.1. The molecule has 5 heterocycles. The van der Waals surface area contributed by atoms with Gasteiger partial charge in [0, 0.05) is 30.4 Å². The van der Waals surface area contributed by atoms with Crippen LogP contribution >= 0.6 is 0 Å². The second-order valence-electron chi connectivity index (χ2n) is 9.89. The third kappa shape index (κ3) is 4.15. The molecule has 2 fully saturated rings. The Morgan fingerprint density at radius 1 is 1.14 bits per heavy atom. The highest BCUT2D eigenvalue weighted by atomic mass is 16.5. The molecule has 0 bridgehead atoms. The number of piperidine rings is 1. The predicted molar refractivity (Wildman–Crippen MR) is 134 cm³/mol. The lowest BCUT2D eigenvalue weighted by molar-refractivity contribution is 0.149. The largest absolute Gasteiger partial charge is 0.469 e. The normalized spacial score (nSPS) is 20.4. The van der Waals surface area contributed by atoms with Gasteiger partial charge < -0.3 is 9.64 Å². The maximum Gasteiger partial charge on any atom is 0.201 e. The molecule has 0 spiro atoms. The minimum atomic E-state index is -0.338. The van der Waals surface area contributed by atoms with E-state index in [1.807, 2.05) is 53.8 Å². The average molecular weight is 494 g/mol. The van der Waals surface area contributed by atoms with E-state index in [-0.39, 0.29) is 18.2 Å². The molecule has 2 aliphatic rings. The van der Waals surface area contributed by atoms with Crippen LogP contribution < -0.4 is 4.74 Å². The Bertz CT molecular complexity index is 1520. The highest BCUT2D eigenvalue weighted by Gasteiger charge is 2.40. The van der Waals surface area contributed by atoms with Crippen LogP contribution in [-0.2, 0) is 0 Å². The summed E-state index contributed by atoms with van der Waals surface area (Å²) in [5.41, 5.74) is 4.32. The van der Waals surface area contributed by atoms with Crippen molar-refractivity contribution >= 4 is 5.65 Å². The first-order valence-electron chi connectivity index (χ1n) is 12.6. The summed E-state index contributed by atoms with van der Waals surface area (Å²) < 4.78 is 10.1. The average Bonchev–Trinajstić information content (AvgIpc) is 3.58. The van der Waals surface area contributed by atoms with Gasteiger partial charge in [-0.15, -0.1) is 5.10 Å². The quantitative estimate of drug-likeness (QED) is 0.366. The summed E-state index contributed by atoms with van der Waals surface area (Å²) in [5, 5.41) is 28.3. The summed E-state index contributed by atoms with van der Waals surface area (Å²) in [7, 11) is 0.